The zero-order valence-corrected chi connectivity index (χ0v) is 31.5. The van der Waals surface area contributed by atoms with Gasteiger partial charge in [-0.3, -0.25) is 4.98 Å². The summed E-state index contributed by atoms with van der Waals surface area (Å²) in [5, 5.41) is 10.3. The molecule has 0 N–H and O–H groups in total. The van der Waals surface area contributed by atoms with Gasteiger partial charge in [0.15, 0.2) is 5.82 Å². The lowest BCUT2D eigenvalue weighted by Gasteiger charge is -2.16. The summed E-state index contributed by atoms with van der Waals surface area (Å²) in [7, 11) is 0. The van der Waals surface area contributed by atoms with Crippen molar-refractivity contribution in [1.29, 1.82) is 0 Å². The molecule has 0 atom stereocenters. The smallest absolute Gasteiger partial charge is 0.160 e. The highest BCUT2D eigenvalue weighted by Crippen LogP contribution is 2.43. The first kappa shape index (κ1) is 33.6. The molecular weight excluding hydrogens is 703 g/mol. The minimum absolute atomic E-state index is 0.702. The van der Waals surface area contributed by atoms with Crippen LogP contribution in [0.2, 0.25) is 0 Å². The van der Waals surface area contributed by atoms with Crippen molar-refractivity contribution in [3.05, 3.63) is 213 Å². The zero-order valence-electron chi connectivity index (χ0n) is 31.5. The Labute approximate surface area is 336 Å². The number of rotatable bonds is 6. The summed E-state index contributed by atoms with van der Waals surface area (Å²) in [5.41, 5.74) is 11.9. The van der Waals surface area contributed by atoms with Crippen molar-refractivity contribution >= 4 is 43.1 Å². The van der Waals surface area contributed by atoms with Crippen molar-refractivity contribution in [1.82, 2.24) is 15.0 Å². The maximum Gasteiger partial charge on any atom is 0.160 e. The van der Waals surface area contributed by atoms with Gasteiger partial charge in [-0.2, -0.15) is 0 Å². The third-order valence-corrected chi connectivity index (χ3v) is 11.4. The molecule has 58 heavy (non-hydrogen) atoms. The van der Waals surface area contributed by atoms with Crippen LogP contribution in [0, 0.1) is 0 Å². The summed E-state index contributed by atoms with van der Waals surface area (Å²) in [4.78, 5) is 14.3. The van der Waals surface area contributed by atoms with E-state index in [0.29, 0.717) is 5.82 Å². The molecule has 0 saturated heterocycles. The molecule has 0 fully saturated rings. The highest BCUT2D eigenvalue weighted by atomic mass is 14.9. The van der Waals surface area contributed by atoms with Gasteiger partial charge in [0.1, 0.15) is 0 Å². The Morgan fingerprint density at radius 2 is 0.655 bits per heavy atom. The van der Waals surface area contributed by atoms with Gasteiger partial charge in [-0.1, -0.05) is 176 Å². The largest absolute Gasteiger partial charge is 0.265 e. The third kappa shape index (κ3) is 5.89. The number of fused-ring (bicyclic) bond motifs is 8. The molecule has 0 aliphatic carbocycles. The fourth-order valence-corrected chi connectivity index (χ4v) is 8.52. The van der Waals surface area contributed by atoms with E-state index >= 15 is 0 Å². The molecule has 9 aromatic carbocycles. The van der Waals surface area contributed by atoms with Gasteiger partial charge in [-0.15, -0.1) is 0 Å². The van der Waals surface area contributed by atoms with Gasteiger partial charge >= 0.3 is 0 Å². The summed E-state index contributed by atoms with van der Waals surface area (Å²) in [6.45, 7) is 0. The first-order chi connectivity index (χ1) is 28.7. The molecule has 0 unspecified atom stereocenters. The normalized spacial score (nSPS) is 11.4. The SMILES string of the molecule is c1ccc(-c2nc(-c3ccc(-c4ccncc4)cc3)cc(-c3ccc(-c4ccc(-c5cc6c7ccccc7c7ccccc7c6c6ccccc56)cc4)cc3)n2)cc1. The first-order valence-corrected chi connectivity index (χ1v) is 19.7. The lowest BCUT2D eigenvalue weighted by Crippen LogP contribution is -1.96. The minimum Gasteiger partial charge on any atom is -0.265 e. The molecule has 11 aromatic rings. The Kier molecular flexibility index (Phi) is 8.15. The molecule has 0 amide bonds. The van der Waals surface area contributed by atoms with Crippen LogP contribution in [-0.2, 0) is 0 Å². The van der Waals surface area contributed by atoms with E-state index in [9.17, 15) is 0 Å². The van der Waals surface area contributed by atoms with Crippen LogP contribution in [0.3, 0.4) is 0 Å². The fraction of sp³-hybridized carbons (Fsp3) is 0. The van der Waals surface area contributed by atoms with Crippen LogP contribution in [-0.4, -0.2) is 15.0 Å². The van der Waals surface area contributed by atoms with E-state index in [1.54, 1.807) is 0 Å². The summed E-state index contributed by atoms with van der Waals surface area (Å²) < 4.78 is 0. The van der Waals surface area contributed by atoms with Crippen molar-refractivity contribution in [2.24, 2.45) is 0 Å². The third-order valence-electron chi connectivity index (χ3n) is 11.4. The second-order valence-electron chi connectivity index (χ2n) is 14.8. The molecule has 11 rings (SSSR count). The van der Waals surface area contributed by atoms with Crippen LogP contribution in [0.25, 0.3) is 110 Å². The van der Waals surface area contributed by atoms with Gasteiger partial charge in [-0.25, -0.2) is 9.97 Å². The topological polar surface area (TPSA) is 38.7 Å². The fourth-order valence-electron chi connectivity index (χ4n) is 8.52. The molecule has 0 bridgehead atoms. The zero-order chi connectivity index (χ0) is 38.4. The van der Waals surface area contributed by atoms with Crippen LogP contribution in [0.15, 0.2) is 213 Å². The van der Waals surface area contributed by atoms with Crippen molar-refractivity contribution in [2.75, 3.05) is 0 Å². The van der Waals surface area contributed by atoms with E-state index in [1.807, 2.05) is 42.7 Å². The predicted octanol–water partition coefficient (Wildman–Crippen LogP) is 14.5. The van der Waals surface area contributed by atoms with Crippen LogP contribution >= 0.6 is 0 Å². The highest BCUT2D eigenvalue weighted by Gasteiger charge is 2.16. The van der Waals surface area contributed by atoms with Crippen molar-refractivity contribution in [3.8, 4) is 67.3 Å². The van der Waals surface area contributed by atoms with Gasteiger partial charge < -0.3 is 0 Å². The molecule has 0 saturated carbocycles. The summed E-state index contributed by atoms with van der Waals surface area (Å²) in [5.74, 6) is 0.702. The molecule has 3 nitrogen and oxygen atoms in total. The van der Waals surface area contributed by atoms with Crippen LogP contribution in [0.5, 0.6) is 0 Å². The van der Waals surface area contributed by atoms with Gasteiger partial charge in [0.2, 0.25) is 0 Å². The van der Waals surface area contributed by atoms with Crippen molar-refractivity contribution in [2.45, 2.75) is 0 Å². The average molecular weight is 738 g/mol. The van der Waals surface area contributed by atoms with Crippen LogP contribution < -0.4 is 0 Å². The van der Waals surface area contributed by atoms with Gasteiger partial charge in [0.25, 0.3) is 0 Å². The molecule has 2 heterocycles. The monoisotopic (exact) mass is 737 g/mol. The quantitative estimate of drug-likeness (QED) is 0.160. The second-order valence-corrected chi connectivity index (χ2v) is 14.8. The number of hydrogen-bond donors (Lipinski definition) is 0. The van der Waals surface area contributed by atoms with Crippen molar-refractivity contribution in [3.63, 3.8) is 0 Å². The number of nitrogens with zero attached hydrogens (tertiary/aromatic N) is 3. The Balaban J connectivity index is 0.952. The molecule has 2 aromatic heterocycles. The van der Waals surface area contributed by atoms with Crippen LogP contribution in [0.4, 0.5) is 0 Å². The van der Waals surface area contributed by atoms with Gasteiger partial charge in [-0.05, 0) is 101 Å². The van der Waals surface area contributed by atoms with E-state index in [-0.39, 0.29) is 0 Å². The summed E-state index contributed by atoms with van der Waals surface area (Å²) in [6, 6.07) is 71.5. The predicted molar refractivity (Wildman–Crippen MR) is 242 cm³/mol. The molecule has 3 heteroatoms. The first-order valence-electron chi connectivity index (χ1n) is 19.7. The van der Waals surface area contributed by atoms with E-state index in [2.05, 4.69) is 175 Å². The van der Waals surface area contributed by atoms with E-state index in [4.69, 9.17) is 9.97 Å². The number of hydrogen-bond acceptors (Lipinski definition) is 3. The Morgan fingerprint density at radius 3 is 1.21 bits per heavy atom. The van der Waals surface area contributed by atoms with Crippen LogP contribution in [0.1, 0.15) is 0 Å². The Hall–Kier alpha value is -7.75. The Bertz CT molecular complexity index is 3280. The molecule has 0 aliphatic rings. The summed E-state index contributed by atoms with van der Waals surface area (Å²) >= 11 is 0. The molecular formula is C55H35N3. The lowest BCUT2D eigenvalue weighted by atomic mass is 9.87. The van der Waals surface area contributed by atoms with E-state index in [1.165, 1.54) is 59.8 Å². The molecule has 0 spiro atoms. The van der Waals surface area contributed by atoms with Gasteiger partial charge in [0, 0.05) is 29.1 Å². The second kappa shape index (κ2) is 14.1. The number of aromatic nitrogens is 3. The minimum atomic E-state index is 0.702. The Morgan fingerprint density at radius 1 is 0.259 bits per heavy atom. The van der Waals surface area contributed by atoms with E-state index in [0.717, 1.165) is 44.8 Å². The lowest BCUT2D eigenvalue weighted by molar-refractivity contribution is 1.18. The van der Waals surface area contributed by atoms with Gasteiger partial charge in [0.05, 0.1) is 11.4 Å². The molecule has 270 valence electrons. The highest BCUT2D eigenvalue weighted by molar-refractivity contribution is 6.33. The maximum absolute atomic E-state index is 5.08. The average Bonchev–Trinajstić information content (AvgIpc) is 3.32. The standard InChI is InChI=1S/C55H35N3/c1-2-10-43(11-3-1)55-57-52(35-53(58-55)42-28-22-38(23-29-42)39-30-32-56-33-31-39)41-26-20-37(21-27-41)36-18-24-40(25-19-36)50-34-51-46-14-5-4-12-44(46)45-13-6-8-16-48(45)54(51)49-17-9-7-15-47(49)50/h1-35H. The molecule has 0 aliphatic heterocycles. The number of pyridine rings is 1. The maximum atomic E-state index is 5.08. The van der Waals surface area contributed by atoms with E-state index < -0.39 is 0 Å². The van der Waals surface area contributed by atoms with Crippen molar-refractivity contribution < 1.29 is 0 Å². The summed E-state index contributed by atoms with van der Waals surface area (Å²) in [6.07, 6.45) is 3.64. The molecule has 0 radical (unpaired) electrons. The number of benzene rings is 9.